The first-order valence-corrected chi connectivity index (χ1v) is 7.07. The Kier molecular flexibility index (Phi) is 7.18. The van der Waals surface area contributed by atoms with E-state index in [0.29, 0.717) is 17.9 Å². The van der Waals surface area contributed by atoms with Gasteiger partial charge in [-0.15, -0.1) is 0 Å². The molecule has 0 atom stereocenters. The van der Waals surface area contributed by atoms with Crippen LogP contribution in [0.3, 0.4) is 0 Å². The molecule has 1 aromatic heterocycles. The molecule has 19 heavy (non-hydrogen) atoms. The number of aryl methyl sites for hydroxylation is 1. The summed E-state index contributed by atoms with van der Waals surface area (Å²) in [5.74, 6) is 0.705. The lowest BCUT2D eigenvalue weighted by molar-refractivity contribution is 0.0965. The van der Waals surface area contributed by atoms with Gasteiger partial charge in [0.1, 0.15) is 5.69 Å². The van der Waals surface area contributed by atoms with E-state index in [1.165, 1.54) is 0 Å². The summed E-state index contributed by atoms with van der Waals surface area (Å²) < 4.78 is 6.97. The van der Waals surface area contributed by atoms with Crippen molar-refractivity contribution in [3.63, 3.8) is 0 Å². The molecule has 0 aliphatic heterocycles. The number of rotatable bonds is 10. The van der Waals surface area contributed by atoms with Crippen molar-refractivity contribution in [2.45, 2.75) is 52.0 Å². The zero-order valence-corrected chi connectivity index (χ0v) is 12.0. The number of ketones is 1. The fourth-order valence-electron chi connectivity index (χ4n) is 2.08. The van der Waals surface area contributed by atoms with Crippen LogP contribution in [0.5, 0.6) is 5.75 Å². The second kappa shape index (κ2) is 8.69. The molecular formula is C14H25N3O2. The van der Waals surface area contributed by atoms with Gasteiger partial charge in [0.15, 0.2) is 11.5 Å². The van der Waals surface area contributed by atoms with Gasteiger partial charge >= 0.3 is 0 Å². The topological polar surface area (TPSA) is 70.1 Å². The van der Waals surface area contributed by atoms with Gasteiger partial charge in [-0.2, -0.15) is 5.10 Å². The van der Waals surface area contributed by atoms with Gasteiger partial charge in [0, 0.05) is 13.0 Å². The fourth-order valence-corrected chi connectivity index (χ4v) is 2.08. The highest BCUT2D eigenvalue weighted by atomic mass is 16.5. The van der Waals surface area contributed by atoms with Crippen molar-refractivity contribution in [3.8, 4) is 5.75 Å². The number of hydrogen-bond acceptors (Lipinski definition) is 4. The van der Waals surface area contributed by atoms with Gasteiger partial charge in [0.2, 0.25) is 0 Å². The number of Topliss-reactive ketones (excluding diaryl/α,β-unsaturated/α-hetero) is 1. The van der Waals surface area contributed by atoms with E-state index in [-0.39, 0.29) is 5.78 Å². The molecule has 0 amide bonds. The summed E-state index contributed by atoms with van der Waals surface area (Å²) >= 11 is 0. The predicted octanol–water partition coefficient (Wildman–Crippen LogP) is 2.39. The largest absolute Gasteiger partial charge is 0.493 e. The van der Waals surface area contributed by atoms with Gasteiger partial charge in [-0.1, -0.05) is 19.8 Å². The summed E-state index contributed by atoms with van der Waals surface area (Å²) in [7, 11) is 1.57. The second-order valence-corrected chi connectivity index (χ2v) is 4.66. The van der Waals surface area contributed by atoms with E-state index in [1.807, 2.05) is 0 Å². The number of hydrogen-bond donors (Lipinski definition) is 1. The summed E-state index contributed by atoms with van der Waals surface area (Å²) in [4.78, 5) is 12.2. The Morgan fingerprint density at radius 1 is 1.37 bits per heavy atom. The fraction of sp³-hybridized carbons (Fsp3) is 0.714. The van der Waals surface area contributed by atoms with Crippen LogP contribution in [0.1, 0.15) is 55.9 Å². The van der Waals surface area contributed by atoms with Crippen LogP contribution < -0.4 is 10.5 Å². The molecule has 5 nitrogen and oxygen atoms in total. The molecule has 1 rings (SSSR count). The van der Waals surface area contributed by atoms with Crippen LogP contribution in [0.15, 0.2) is 6.20 Å². The van der Waals surface area contributed by atoms with E-state index in [1.54, 1.807) is 18.0 Å². The number of ether oxygens (including phenoxy) is 1. The number of unbranched alkanes of at least 4 members (excludes halogenated alkanes) is 3. The van der Waals surface area contributed by atoms with E-state index in [2.05, 4.69) is 12.0 Å². The van der Waals surface area contributed by atoms with Crippen LogP contribution in [-0.4, -0.2) is 29.2 Å². The predicted molar refractivity (Wildman–Crippen MR) is 75.5 cm³/mol. The number of carbonyl (C=O) groups excluding carboxylic acids is 1. The van der Waals surface area contributed by atoms with E-state index in [4.69, 9.17) is 10.5 Å². The lowest BCUT2D eigenvalue weighted by Crippen LogP contribution is -2.11. The van der Waals surface area contributed by atoms with Gasteiger partial charge in [0.25, 0.3) is 0 Å². The molecule has 0 aliphatic carbocycles. The zero-order chi connectivity index (χ0) is 14.1. The summed E-state index contributed by atoms with van der Waals surface area (Å²) in [6.07, 6.45) is 7.20. The summed E-state index contributed by atoms with van der Waals surface area (Å²) in [6, 6.07) is 0. The van der Waals surface area contributed by atoms with Crippen molar-refractivity contribution in [2.75, 3.05) is 13.7 Å². The standard InChI is InChI=1S/C14H25N3O2/c1-3-10-17-14(13(19-2)11-16-17)12(18)8-6-4-5-7-9-15/h11H,3-10,15H2,1-2H3. The lowest BCUT2D eigenvalue weighted by Gasteiger charge is -2.07. The lowest BCUT2D eigenvalue weighted by atomic mass is 10.1. The molecule has 0 saturated heterocycles. The van der Waals surface area contributed by atoms with E-state index < -0.39 is 0 Å². The maximum atomic E-state index is 12.2. The molecule has 0 spiro atoms. The molecule has 0 bridgehead atoms. The first-order chi connectivity index (χ1) is 9.24. The number of nitrogens with two attached hydrogens (primary N) is 1. The molecule has 0 radical (unpaired) electrons. The number of aromatic nitrogens is 2. The van der Waals surface area contributed by atoms with Gasteiger partial charge in [-0.05, 0) is 25.8 Å². The monoisotopic (exact) mass is 267 g/mol. The van der Waals surface area contributed by atoms with Gasteiger partial charge < -0.3 is 10.5 Å². The number of methoxy groups -OCH3 is 1. The van der Waals surface area contributed by atoms with Crippen molar-refractivity contribution >= 4 is 5.78 Å². The van der Waals surface area contributed by atoms with E-state index >= 15 is 0 Å². The summed E-state index contributed by atoms with van der Waals surface area (Å²) in [6.45, 7) is 3.54. The SMILES string of the molecule is CCCn1ncc(OC)c1C(=O)CCCCCCN. The highest BCUT2D eigenvalue weighted by Gasteiger charge is 2.18. The molecule has 0 aliphatic rings. The molecule has 2 N–H and O–H groups in total. The van der Waals surface area contributed by atoms with E-state index in [0.717, 1.165) is 45.2 Å². The van der Waals surface area contributed by atoms with Crippen molar-refractivity contribution in [2.24, 2.45) is 5.73 Å². The minimum absolute atomic E-state index is 0.121. The van der Waals surface area contributed by atoms with Crippen LogP contribution in [0.25, 0.3) is 0 Å². The third kappa shape index (κ3) is 4.67. The Bertz CT molecular complexity index is 388. The van der Waals surface area contributed by atoms with Crippen LogP contribution >= 0.6 is 0 Å². The maximum Gasteiger partial charge on any atom is 0.184 e. The number of nitrogens with zero attached hydrogens (tertiary/aromatic N) is 2. The maximum absolute atomic E-state index is 12.2. The Morgan fingerprint density at radius 2 is 2.11 bits per heavy atom. The second-order valence-electron chi connectivity index (χ2n) is 4.66. The molecule has 1 aromatic rings. The van der Waals surface area contributed by atoms with Crippen LogP contribution in [0, 0.1) is 0 Å². The van der Waals surface area contributed by atoms with Gasteiger partial charge in [-0.25, -0.2) is 0 Å². The Hall–Kier alpha value is -1.36. The number of carbonyl (C=O) groups is 1. The summed E-state index contributed by atoms with van der Waals surface area (Å²) in [5.41, 5.74) is 6.06. The van der Waals surface area contributed by atoms with Gasteiger partial charge in [0.05, 0.1) is 13.3 Å². The third-order valence-electron chi connectivity index (χ3n) is 3.08. The molecule has 1 heterocycles. The molecule has 108 valence electrons. The smallest absolute Gasteiger partial charge is 0.184 e. The molecule has 0 saturated carbocycles. The highest BCUT2D eigenvalue weighted by Crippen LogP contribution is 2.20. The Balaban J connectivity index is 2.56. The van der Waals surface area contributed by atoms with E-state index in [9.17, 15) is 4.79 Å². The Morgan fingerprint density at radius 3 is 2.74 bits per heavy atom. The first-order valence-electron chi connectivity index (χ1n) is 7.07. The molecule has 0 aromatic carbocycles. The highest BCUT2D eigenvalue weighted by molar-refractivity contribution is 5.96. The van der Waals surface area contributed by atoms with Crippen LogP contribution in [0.2, 0.25) is 0 Å². The molecule has 0 unspecified atom stereocenters. The third-order valence-corrected chi connectivity index (χ3v) is 3.08. The minimum Gasteiger partial charge on any atom is -0.493 e. The summed E-state index contributed by atoms with van der Waals surface area (Å²) in [5, 5.41) is 4.21. The van der Waals surface area contributed by atoms with Crippen LogP contribution in [0.4, 0.5) is 0 Å². The molecular weight excluding hydrogens is 242 g/mol. The van der Waals surface area contributed by atoms with Crippen molar-refractivity contribution < 1.29 is 9.53 Å². The minimum atomic E-state index is 0.121. The zero-order valence-electron chi connectivity index (χ0n) is 12.0. The van der Waals surface area contributed by atoms with Crippen molar-refractivity contribution in [3.05, 3.63) is 11.9 Å². The van der Waals surface area contributed by atoms with Crippen molar-refractivity contribution in [1.29, 1.82) is 0 Å². The Labute approximate surface area is 115 Å². The average Bonchev–Trinajstić information content (AvgIpc) is 2.81. The van der Waals surface area contributed by atoms with Crippen molar-refractivity contribution in [1.82, 2.24) is 9.78 Å². The quantitative estimate of drug-likeness (QED) is 0.522. The normalized spacial score (nSPS) is 10.7. The molecule has 0 fully saturated rings. The van der Waals surface area contributed by atoms with Gasteiger partial charge in [-0.3, -0.25) is 9.48 Å². The first kappa shape index (κ1) is 15.7. The van der Waals surface area contributed by atoms with Crippen LogP contribution in [-0.2, 0) is 6.54 Å². The average molecular weight is 267 g/mol. The molecule has 5 heteroatoms.